The van der Waals surface area contributed by atoms with E-state index < -0.39 is 6.23 Å². The van der Waals surface area contributed by atoms with Crippen molar-refractivity contribution < 1.29 is 14.3 Å². The number of aromatic nitrogens is 3. The molecule has 1 aliphatic heterocycles. The fraction of sp³-hybridized carbons (Fsp3) is 0.304. The van der Waals surface area contributed by atoms with Crippen molar-refractivity contribution in [2.75, 3.05) is 17.8 Å². The van der Waals surface area contributed by atoms with Crippen molar-refractivity contribution in [1.82, 2.24) is 15.2 Å². The molecule has 4 rings (SSSR count). The van der Waals surface area contributed by atoms with E-state index in [2.05, 4.69) is 29.0 Å². The van der Waals surface area contributed by atoms with E-state index >= 15 is 0 Å². The highest BCUT2D eigenvalue weighted by molar-refractivity contribution is 7.99. The molecule has 2 heterocycles. The molecule has 1 aliphatic rings. The summed E-state index contributed by atoms with van der Waals surface area (Å²) in [6, 6.07) is 15.0. The number of rotatable bonds is 5. The molecule has 8 heteroatoms. The van der Waals surface area contributed by atoms with E-state index in [0.717, 1.165) is 22.6 Å². The average Bonchev–Trinajstić information content (AvgIpc) is 2.92. The molecule has 0 N–H and O–H groups in total. The Labute approximate surface area is 185 Å². The van der Waals surface area contributed by atoms with E-state index in [-0.39, 0.29) is 5.91 Å². The van der Waals surface area contributed by atoms with Crippen molar-refractivity contribution in [1.29, 1.82) is 0 Å². The summed E-state index contributed by atoms with van der Waals surface area (Å²) >= 11 is 1.54. The molecule has 0 unspecified atom stereocenters. The van der Waals surface area contributed by atoms with Crippen LogP contribution in [0.4, 0.5) is 5.69 Å². The summed E-state index contributed by atoms with van der Waals surface area (Å²) < 4.78 is 11.6. The Kier molecular flexibility index (Phi) is 6.08. The molecular formula is C23H24N4O3S. The maximum atomic E-state index is 12.8. The molecule has 3 aromatic rings. The first kappa shape index (κ1) is 21.1. The van der Waals surface area contributed by atoms with Gasteiger partial charge in [-0.15, -0.1) is 10.2 Å². The fourth-order valence-corrected chi connectivity index (χ4v) is 4.07. The van der Waals surface area contributed by atoms with Crippen molar-refractivity contribution in [3.63, 3.8) is 0 Å². The quantitative estimate of drug-likeness (QED) is 0.535. The third-order valence-corrected chi connectivity index (χ3v) is 6.06. The van der Waals surface area contributed by atoms with Crippen LogP contribution in [-0.2, 0) is 4.79 Å². The molecule has 2 aromatic carbocycles. The fourth-order valence-electron chi connectivity index (χ4n) is 3.34. The van der Waals surface area contributed by atoms with Gasteiger partial charge in [-0.2, -0.15) is 4.98 Å². The number of nitrogens with zero attached hydrogens (tertiary/aromatic N) is 4. The van der Waals surface area contributed by atoms with Crippen LogP contribution in [0.5, 0.6) is 11.6 Å². The van der Waals surface area contributed by atoms with Crippen molar-refractivity contribution in [3.8, 4) is 22.9 Å². The molecule has 0 spiro atoms. The molecule has 1 aromatic heterocycles. The first-order chi connectivity index (χ1) is 15.0. The largest absolute Gasteiger partial charge is 0.497 e. The maximum absolute atomic E-state index is 12.8. The number of carbonyl (C=O) groups is 1. The van der Waals surface area contributed by atoms with Crippen LogP contribution in [0.2, 0.25) is 0 Å². The molecule has 0 radical (unpaired) electrons. The SMILES string of the molecule is COc1ccc([C@@H]2Oc3nc(SCC(C)C)nnc3-c3ccccc3N2C(C)=O)cc1. The Morgan fingerprint density at radius 3 is 2.58 bits per heavy atom. The Morgan fingerprint density at radius 1 is 1.16 bits per heavy atom. The van der Waals surface area contributed by atoms with E-state index in [4.69, 9.17) is 9.47 Å². The van der Waals surface area contributed by atoms with Crippen LogP contribution >= 0.6 is 11.8 Å². The Morgan fingerprint density at radius 2 is 1.90 bits per heavy atom. The minimum absolute atomic E-state index is 0.150. The van der Waals surface area contributed by atoms with Gasteiger partial charge in [0.2, 0.25) is 23.2 Å². The summed E-state index contributed by atoms with van der Waals surface area (Å²) in [5, 5.41) is 9.28. The van der Waals surface area contributed by atoms with Crippen LogP contribution in [0.15, 0.2) is 53.7 Å². The van der Waals surface area contributed by atoms with Gasteiger partial charge in [-0.1, -0.05) is 43.8 Å². The molecular weight excluding hydrogens is 412 g/mol. The van der Waals surface area contributed by atoms with Crippen LogP contribution in [0.1, 0.15) is 32.6 Å². The number of para-hydroxylation sites is 1. The highest BCUT2D eigenvalue weighted by Crippen LogP contribution is 2.43. The first-order valence-electron chi connectivity index (χ1n) is 10.0. The number of carbonyl (C=O) groups excluding carboxylic acids is 1. The van der Waals surface area contributed by atoms with E-state index in [1.807, 2.05) is 48.5 Å². The van der Waals surface area contributed by atoms with E-state index in [1.165, 1.54) is 18.7 Å². The highest BCUT2D eigenvalue weighted by atomic mass is 32.2. The zero-order valence-electron chi connectivity index (χ0n) is 17.9. The van der Waals surface area contributed by atoms with Crippen LogP contribution in [-0.4, -0.2) is 34.0 Å². The van der Waals surface area contributed by atoms with Crippen molar-refractivity contribution in [2.45, 2.75) is 32.2 Å². The Balaban J connectivity index is 1.85. The summed E-state index contributed by atoms with van der Waals surface area (Å²) in [5.74, 6) is 2.30. The minimum atomic E-state index is -0.703. The van der Waals surface area contributed by atoms with Gasteiger partial charge in [0.1, 0.15) is 5.75 Å². The number of amides is 1. The average molecular weight is 437 g/mol. The molecule has 0 saturated carbocycles. The number of ether oxygens (including phenoxy) is 2. The topological polar surface area (TPSA) is 77.4 Å². The number of thioether (sulfide) groups is 1. The number of benzene rings is 2. The van der Waals surface area contributed by atoms with E-state index in [0.29, 0.717) is 28.3 Å². The standard InChI is InChI=1S/C23H24N4O3S/c1-14(2)13-31-23-24-21-20(25-26-23)18-7-5-6-8-19(18)27(15(3)28)22(30-21)16-9-11-17(29-4)12-10-16/h5-12,14,22H,13H2,1-4H3/t22-/m0/s1. The normalized spacial score (nSPS) is 15.0. The smallest absolute Gasteiger partial charge is 0.247 e. The van der Waals surface area contributed by atoms with Gasteiger partial charge in [0.05, 0.1) is 12.8 Å². The summed E-state index contributed by atoms with van der Waals surface area (Å²) in [6.45, 7) is 5.80. The second-order valence-corrected chi connectivity index (χ2v) is 8.59. The van der Waals surface area contributed by atoms with Crippen molar-refractivity contribution in [3.05, 3.63) is 54.1 Å². The molecule has 0 saturated heterocycles. The predicted octanol–water partition coefficient (Wildman–Crippen LogP) is 4.74. The molecule has 0 aliphatic carbocycles. The predicted molar refractivity (Wildman–Crippen MR) is 120 cm³/mol. The van der Waals surface area contributed by atoms with Crippen LogP contribution in [0.3, 0.4) is 0 Å². The van der Waals surface area contributed by atoms with Crippen LogP contribution < -0.4 is 14.4 Å². The maximum Gasteiger partial charge on any atom is 0.247 e. The van der Waals surface area contributed by atoms with Gasteiger partial charge in [0.25, 0.3) is 0 Å². The second kappa shape index (κ2) is 8.93. The summed E-state index contributed by atoms with van der Waals surface area (Å²) in [4.78, 5) is 19.1. The molecule has 0 fully saturated rings. The Hall–Kier alpha value is -3.13. The molecule has 7 nitrogen and oxygen atoms in total. The molecule has 160 valence electrons. The minimum Gasteiger partial charge on any atom is -0.497 e. The van der Waals surface area contributed by atoms with Gasteiger partial charge in [-0.05, 0) is 36.2 Å². The number of anilines is 1. The summed E-state index contributed by atoms with van der Waals surface area (Å²) in [5.41, 5.74) is 2.78. The third-order valence-electron chi connectivity index (χ3n) is 4.80. The molecule has 1 atom stereocenters. The second-order valence-electron chi connectivity index (χ2n) is 7.60. The summed E-state index contributed by atoms with van der Waals surface area (Å²) in [7, 11) is 1.62. The first-order valence-corrected chi connectivity index (χ1v) is 11.0. The van der Waals surface area contributed by atoms with Gasteiger partial charge < -0.3 is 9.47 Å². The zero-order chi connectivity index (χ0) is 22.0. The lowest BCUT2D eigenvalue weighted by molar-refractivity contribution is -0.118. The van der Waals surface area contributed by atoms with Crippen LogP contribution in [0.25, 0.3) is 11.3 Å². The lowest BCUT2D eigenvalue weighted by Crippen LogP contribution is -2.36. The highest BCUT2D eigenvalue weighted by Gasteiger charge is 2.34. The lowest BCUT2D eigenvalue weighted by Gasteiger charge is -2.29. The number of fused-ring (bicyclic) bond motifs is 3. The molecule has 1 amide bonds. The summed E-state index contributed by atoms with van der Waals surface area (Å²) in [6.07, 6.45) is -0.703. The van der Waals surface area contributed by atoms with Crippen LogP contribution in [0, 0.1) is 5.92 Å². The van der Waals surface area contributed by atoms with Gasteiger partial charge in [-0.3, -0.25) is 9.69 Å². The monoisotopic (exact) mass is 436 g/mol. The lowest BCUT2D eigenvalue weighted by atomic mass is 10.1. The number of hydrogen-bond acceptors (Lipinski definition) is 7. The number of hydrogen-bond donors (Lipinski definition) is 0. The van der Waals surface area contributed by atoms with Gasteiger partial charge in [-0.25, -0.2) is 0 Å². The van der Waals surface area contributed by atoms with Gasteiger partial charge in [0.15, 0.2) is 5.69 Å². The zero-order valence-corrected chi connectivity index (χ0v) is 18.7. The van der Waals surface area contributed by atoms with Crippen molar-refractivity contribution >= 4 is 23.4 Å². The van der Waals surface area contributed by atoms with E-state index in [9.17, 15) is 4.79 Å². The molecule has 0 bridgehead atoms. The van der Waals surface area contributed by atoms with Gasteiger partial charge in [0, 0.05) is 23.8 Å². The van der Waals surface area contributed by atoms with Gasteiger partial charge >= 0.3 is 0 Å². The van der Waals surface area contributed by atoms with E-state index in [1.54, 1.807) is 12.0 Å². The number of methoxy groups -OCH3 is 1. The third kappa shape index (κ3) is 4.34. The van der Waals surface area contributed by atoms with Crippen molar-refractivity contribution in [2.24, 2.45) is 5.92 Å². The molecule has 31 heavy (non-hydrogen) atoms. The Bertz CT molecular complexity index is 1090.